The van der Waals surface area contributed by atoms with Gasteiger partial charge in [-0.1, -0.05) is 44.7 Å². The highest BCUT2D eigenvalue weighted by molar-refractivity contribution is 5.26. The van der Waals surface area contributed by atoms with Crippen molar-refractivity contribution in [3.63, 3.8) is 0 Å². The minimum Gasteiger partial charge on any atom is -0.508 e. The molecule has 1 unspecified atom stereocenters. The molecule has 1 aromatic carbocycles. The van der Waals surface area contributed by atoms with Crippen LogP contribution in [0.3, 0.4) is 0 Å². The van der Waals surface area contributed by atoms with Gasteiger partial charge in [-0.05, 0) is 43.9 Å². The normalized spacial score (nSPS) is 14.4. The number of phenolic OH excluding ortho intramolecular Hbond substituents is 1. The quantitative estimate of drug-likeness (QED) is 0.683. The Labute approximate surface area is 111 Å². The first kappa shape index (κ1) is 15.0. The Morgan fingerprint density at radius 3 is 2.28 bits per heavy atom. The SMILES string of the molecule is CCCCCCC(C)(O)CCc1ccc(O)cc1. The zero-order valence-electron chi connectivity index (χ0n) is 11.7. The second-order valence-electron chi connectivity index (χ2n) is 5.47. The Kier molecular flexibility index (Phi) is 6.20. The summed E-state index contributed by atoms with van der Waals surface area (Å²) in [5.41, 5.74) is 0.604. The maximum atomic E-state index is 10.3. The molecule has 18 heavy (non-hydrogen) atoms. The lowest BCUT2D eigenvalue weighted by atomic mass is 9.91. The number of unbranched alkanes of at least 4 members (excludes halogenated alkanes) is 3. The molecule has 0 heterocycles. The van der Waals surface area contributed by atoms with Crippen LogP contribution < -0.4 is 0 Å². The molecular weight excluding hydrogens is 224 g/mol. The van der Waals surface area contributed by atoms with Crippen molar-refractivity contribution in [3.8, 4) is 5.75 Å². The molecule has 0 fully saturated rings. The van der Waals surface area contributed by atoms with Crippen LogP contribution in [0, 0.1) is 0 Å². The fourth-order valence-corrected chi connectivity index (χ4v) is 2.13. The Morgan fingerprint density at radius 2 is 1.67 bits per heavy atom. The Hall–Kier alpha value is -1.02. The molecule has 0 bridgehead atoms. The van der Waals surface area contributed by atoms with E-state index in [1.807, 2.05) is 19.1 Å². The number of aromatic hydroxyl groups is 1. The standard InChI is InChI=1S/C16H26O2/c1-3-4-5-6-12-16(2,18)13-11-14-7-9-15(17)10-8-14/h7-10,17-18H,3-6,11-13H2,1-2H3. The molecule has 0 aliphatic heterocycles. The van der Waals surface area contributed by atoms with E-state index < -0.39 is 5.60 Å². The van der Waals surface area contributed by atoms with E-state index in [0.717, 1.165) is 25.7 Å². The summed E-state index contributed by atoms with van der Waals surface area (Å²) in [7, 11) is 0. The molecule has 0 saturated carbocycles. The molecule has 0 radical (unpaired) electrons. The van der Waals surface area contributed by atoms with Crippen molar-refractivity contribution in [3.05, 3.63) is 29.8 Å². The van der Waals surface area contributed by atoms with E-state index in [0.29, 0.717) is 5.75 Å². The van der Waals surface area contributed by atoms with Crippen LogP contribution in [-0.2, 0) is 6.42 Å². The van der Waals surface area contributed by atoms with Gasteiger partial charge in [0.1, 0.15) is 5.75 Å². The molecule has 0 aliphatic rings. The predicted molar refractivity (Wildman–Crippen MR) is 75.8 cm³/mol. The second-order valence-corrected chi connectivity index (χ2v) is 5.47. The zero-order chi connectivity index (χ0) is 13.4. The Bertz CT molecular complexity index is 327. The van der Waals surface area contributed by atoms with Gasteiger partial charge in [-0.3, -0.25) is 0 Å². The summed E-state index contributed by atoms with van der Waals surface area (Å²) in [5.74, 6) is 0.296. The van der Waals surface area contributed by atoms with E-state index >= 15 is 0 Å². The molecule has 0 aromatic heterocycles. The maximum Gasteiger partial charge on any atom is 0.115 e. The van der Waals surface area contributed by atoms with Crippen molar-refractivity contribution in [2.24, 2.45) is 0 Å². The van der Waals surface area contributed by atoms with Crippen molar-refractivity contribution < 1.29 is 10.2 Å². The number of hydrogen-bond donors (Lipinski definition) is 2. The van der Waals surface area contributed by atoms with Crippen LogP contribution >= 0.6 is 0 Å². The summed E-state index contributed by atoms with van der Waals surface area (Å²) in [6.45, 7) is 4.13. The Morgan fingerprint density at radius 1 is 1.00 bits per heavy atom. The third kappa shape index (κ3) is 6.06. The van der Waals surface area contributed by atoms with E-state index in [1.54, 1.807) is 12.1 Å². The highest BCUT2D eigenvalue weighted by Gasteiger charge is 2.19. The fourth-order valence-electron chi connectivity index (χ4n) is 2.13. The van der Waals surface area contributed by atoms with Crippen LogP contribution in [0.1, 0.15) is 57.9 Å². The minimum atomic E-state index is -0.564. The first-order valence-corrected chi connectivity index (χ1v) is 7.04. The van der Waals surface area contributed by atoms with Gasteiger partial charge in [0.05, 0.1) is 5.60 Å². The average Bonchev–Trinajstić information content (AvgIpc) is 2.34. The molecule has 0 amide bonds. The van der Waals surface area contributed by atoms with Crippen molar-refractivity contribution in [1.82, 2.24) is 0 Å². The summed E-state index contributed by atoms with van der Waals surface area (Å²) in [4.78, 5) is 0. The zero-order valence-corrected chi connectivity index (χ0v) is 11.7. The molecule has 0 spiro atoms. The van der Waals surface area contributed by atoms with Gasteiger partial charge >= 0.3 is 0 Å². The molecule has 2 N–H and O–H groups in total. The Balaban J connectivity index is 2.29. The summed E-state index contributed by atoms with van der Waals surface area (Å²) in [5, 5.41) is 19.5. The third-order valence-corrected chi connectivity index (χ3v) is 3.46. The summed E-state index contributed by atoms with van der Waals surface area (Å²) < 4.78 is 0. The number of benzene rings is 1. The highest BCUT2D eigenvalue weighted by atomic mass is 16.3. The van der Waals surface area contributed by atoms with E-state index in [2.05, 4.69) is 6.92 Å². The molecule has 1 rings (SSSR count). The number of aliphatic hydroxyl groups is 1. The van der Waals surface area contributed by atoms with Gasteiger partial charge in [0.2, 0.25) is 0 Å². The van der Waals surface area contributed by atoms with Gasteiger partial charge in [-0.15, -0.1) is 0 Å². The van der Waals surface area contributed by atoms with Crippen molar-refractivity contribution in [1.29, 1.82) is 0 Å². The van der Waals surface area contributed by atoms with Gasteiger partial charge in [0.15, 0.2) is 0 Å². The highest BCUT2D eigenvalue weighted by Crippen LogP contribution is 2.22. The molecule has 102 valence electrons. The van der Waals surface area contributed by atoms with Gasteiger partial charge in [-0.25, -0.2) is 0 Å². The molecule has 2 heteroatoms. The van der Waals surface area contributed by atoms with Crippen LogP contribution in [0.4, 0.5) is 0 Å². The lowest BCUT2D eigenvalue weighted by Crippen LogP contribution is -2.24. The van der Waals surface area contributed by atoms with Crippen molar-refractivity contribution in [2.75, 3.05) is 0 Å². The fraction of sp³-hybridized carbons (Fsp3) is 0.625. The van der Waals surface area contributed by atoms with Gasteiger partial charge in [0, 0.05) is 0 Å². The monoisotopic (exact) mass is 250 g/mol. The number of aryl methyl sites for hydroxylation is 1. The van der Waals surface area contributed by atoms with E-state index in [-0.39, 0.29) is 0 Å². The van der Waals surface area contributed by atoms with Gasteiger partial charge < -0.3 is 10.2 Å². The van der Waals surface area contributed by atoms with Gasteiger partial charge in [-0.2, -0.15) is 0 Å². The molecule has 0 aliphatic carbocycles. The minimum absolute atomic E-state index is 0.296. The largest absolute Gasteiger partial charge is 0.508 e. The van der Waals surface area contributed by atoms with E-state index in [4.69, 9.17) is 0 Å². The van der Waals surface area contributed by atoms with Gasteiger partial charge in [0.25, 0.3) is 0 Å². The van der Waals surface area contributed by atoms with E-state index in [1.165, 1.54) is 24.8 Å². The van der Waals surface area contributed by atoms with Crippen LogP contribution in [0.25, 0.3) is 0 Å². The topological polar surface area (TPSA) is 40.5 Å². The van der Waals surface area contributed by atoms with Crippen LogP contribution in [-0.4, -0.2) is 15.8 Å². The summed E-state index contributed by atoms with van der Waals surface area (Å²) in [6.07, 6.45) is 7.34. The van der Waals surface area contributed by atoms with Crippen LogP contribution in [0.5, 0.6) is 5.75 Å². The van der Waals surface area contributed by atoms with E-state index in [9.17, 15) is 10.2 Å². The summed E-state index contributed by atoms with van der Waals surface area (Å²) >= 11 is 0. The first-order chi connectivity index (χ1) is 8.53. The third-order valence-electron chi connectivity index (χ3n) is 3.46. The molecule has 2 nitrogen and oxygen atoms in total. The second kappa shape index (κ2) is 7.42. The van der Waals surface area contributed by atoms with Crippen LogP contribution in [0.15, 0.2) is 24.3 Å². The molecular formula is C16H26O2. The predicted octanol–water partition coefficient (Wildman–Crippen LogP) is 4.05. The number of phenols is 1. The number of rotatable bonds is 8. The van der Waals surface area contributed by atoms with Crippen LogP contribution in [0.2, 0.25) is 0 Å². The van der Waals surface area contributed by atoms with Crippen molar-refractivity contribution >= 4 is 0 Å². The number of hydrogen-bond acceptors (Lipinski definition) is 2. The average molecular weight is 250 g/mol. The summed E-state index contributed by atoms with van der Waals surface area (Å²) in [6, 6.07) is 7.24. The van der Waals surface area contributed by atoms with Crippen molar-refractivity contribution in [2.45, 2.75) is 64.4 Å². The molecule has 1 atom stereocenters. The smallest absolute Gasteiger partial charge is 0.115 e. The molecule has 1 aromatic rings. The lowest BCUT2D eigenvalue weighted by Gasteiger charge is -2.23. The maximum absolute atomic E-state index is 10.3. The first-order valence-electron chi connectivity index (χ1n) is 7.04. The molecule has 0 saturated heterocycles. The lowest BCUT2D eigenvalue weighted by molar-refractivity contribution is 0.0396.